The molecular formula is C22H24BrN5O3S. The molecule has 1 unspecified atom stereocenters. The van der Waals surface area contributed by atoms with Crippen LogP contribution in [0.1, 0.15) is 24.4 Å². The van der Waals surface area contributed by atoms with Crippen LogP contribution in [0.5, 0.6) is 5.75 Å². The number of hydrogen-bond donors (Lipinski definition) is 2. The average molecular weight is 518 g/mol. The number of carbonyl (C=O) groups excluding carboxylic acids is 2. The molecule has 0 saturated heterocycles. The lowest BCUT2D eigenvalue weighted by molar-refractivity contribution is -0.121. The van der Waals surface area contributed by atoms with E-state index in [2.05, 4.69) is 36.8 Å². The SMILES string of the molecule is COc1ccc(CC(=O)NC(C)c2nnc(SCC(=O)Nc3ccc(Br)cc3)n2C)cc1. The normalized spacial score (nSPS) is 11.6. The summed E-state index contributed by atoms with van der Waals surface area (Å²) in [6.07, 6.45) is 0.254. The number of rotatable bonds is 9. The van der Waals surface area contributed by atoms with Crippen molar-refractivity contribution in [1.82, 2.24) is 20.1 Å². The Kier molecular flexibility index (Phi) is 8.29. The van der Waals surface area contributed by atoms with Crippen LogP contribution in [0.3, 0.4) is 0 Å². The van der Waals surface area contributed by atoms with Crippen LogP contribution in [-0.4, -0.2) is 39.4 Å². The molecule has 2 N–H and O–H groups in total. The fraction of sp³-hybridized carbons (Fsp3) is 0.273. The Morgan fingerprint density at radius 1 is 1.09 bits per heavy atom. The highest BCUT2D eigenvalue weighted by molar-refractivity contribution is 9.10. The number of carbonyl (C=O) groups is 2. The summed E-state index contributed by atoms with van der Waals surface area (Å²) in [5.41, 5.74) is 1.62. The standard InChI is InChI=1S/C22H24BrN5O3S/c1-14(24-19(29)12-15-4-10-18(31-3)11-5-15)21-26-27-22(28(21)2)32-13-20(30)25-17-8-6-16(23)7-9-17/h4-11,14H,12-13H2,1-3H3,(H,24,29)(H,25,30). The van der Waals surface area contributed by atoms with Crippen molar-refractivity contribution in [1.29, 1.82) is 0 Å². The number of amides is 2. The van der Waals surface area contributed by atoms with Gasteiger partial charge in [-0.1, -0.05) is 39.8 Å². The fourth-order valence-electron chi connectivity index (χ4n) is 2.98. The topological polar surface area (TPSA) is 98.1 Å². The van der Waals surface area contributed by atoms with Gasteiger partial charge >= 0.3 is 0 Å². The van der Waals surface area contributed by atoms with Gasteiger partial charge in [0, 0.05) is 17.2 Å². The third-order valence-corrected chi connectivity index (χ3v) is 6.17. The third kappa shape index (κ3) is 6.57. The zero-order valence-corrected chi connectivity index (χ0v) is 20.4. The second kappa shape index (κ2) is 11.1. The molecule has 0 fully saturated rings. The van der Waals surface area contributed by atoms with Gasteiger partial charge in [0.25, 0.3) is 0 Å². The fourth-order valence-corrected chi connectivity index (χ4v) is 3.96. The molecule has 0 aliphatic heterocycles. The van der Waals surface area contributed by atoms with Crippen LogP contribution in [0.4, 0.5) is 5.69 Å². The molecule has 0 bridgehead atoms. The van der Waals surface area contributed by atoms with Crippen molar-refractivity contribution in [2.45, 2.75) is 24.5 Å². The number of nitrogens with zero attached hydrogens (tertiary/aromatic N) is 3. The maximum Gasteiger partial charge on any atom is 0.234 e. The first-order valence-corrected chi connectivity index (χ1v) is 11.6. The van der Waals surface area contributed by atoms with E-state index >= 15 is 0 Å². The number of ether oxygens (including phenoxy) is 1. The molecule has 0 saturated carbocycles. The predicted octanol–water partition coefficient (Wildman–Crippen LogP) is 3.74. The minimum absolute atomic E-state index is 0.117. The quantitative estimate of drug-likeness (QED) is 0.419. The Morgan fingerprint density at radius 2 is 1.78 bits per heavy atom. The highest BCUT2D eigenvalue weighted by Crippen LogP contribution is 2.20. The minimum atomic E-state index is -0.329. The van der Waals surface area contributed by atoms with Crippen molar-refractivity contribution in [2.24, 2.45) is 7.05 Å². The van der Waals surface area contributed by atoms with Gasteiger partial charge in [0.1, 0.15) is 5.75 Å². The highest BCUT2D eigenvalue weighted by Gasteiger charge is 2.18. The van der Waals surface area contributed by atoms with E-state index in [1.165, 1.54) is 11.8 Å². The van der Waals surface area contributed by atoms with Crippen molar-refractivity contribution in [3.8, 4) is 5.75 Å². The molecule has 8 nitrogen and oxygen atoms in total. The summed E-state index contributed by atoms with van der Waals surface area (Å²) in [5.74, 6) is 1.30. The Morgan fingerprint density at radius 3 is 2.44 bits per heavy atom. The molecule has 0 spiro atoms. The summed E-state index contributed by atoms with van der Waals surface area (Å²) in [7, 11) is 3.42. The first-order chi connectivity index (χ1) is 15.4. The highest BCUT2D eigenvalue weighted by atomic mass is 79.9. The lowest BCUT2D eigenvalue weighted by Gasteiger charge is -2.14. The van der Waals surface area contributed by atoms with Crippen molar-refractivity contribution in [3.63, 3.8) is 0 Å². The summed E-state index contributed by atoms with van der Waals surface area (Å²) in [6, 6.07) is 14.4. The van der Waals surface area contributed by atoms with Crippen LogP contribution >= 0.6 is 27.7 Å². The van der Waals surface area contributed by atoms with E-state index in [1.54, 1.807) is 11.7 Å². The summed E-state index contributed by atoms with van der Waals surface area (Å²) in [4.78, 5) is 24.6. The summed E-state index contributed by atoms with van der Waals surface area (Å²) < 4.78 is 7.87. The number of benzene rings is 2. The van der Waals surface area contributed by atoms with E-state index in [0.29, 0.717) is 11.0 Å². The van der Waals surface area contributed by atoms with Crippen LogP contribution in [0, 0.1) is 0 Å². The molecule has 10 heteroatoms. The van der Waals surface area contributed by atoms with Crippen molar-refractivity contribution in [3.05, 3.63) is 64.4 Å². The molecule has 1 atom stereocenters. The van der Waals surface area contributed by atoms with Gasteiger partial charge in [0.15, 0.2) is 11.0 Å². The first kappa shape index (κ1) is 23.8. The van der Waals surface area contributed by atoms with E-state index in [0.717, 1.165) is 21.5 Å². The summed E-state index contributed by atoms with van der Waals surface area (Å²) >= 11 is 4.65. The Balaban J connectivity index is 1.51. The molecule has 0 radical (unpaired) electrons. The Hall–Kier alpha value is -2.85. The van der Waals surface area contributed by atoms with Gasteiger partial charge in [0.2, 0.25) is 11.8 Å². The number of hydrogen-bond acceptors (Lipinski definition) is 6. The molecule has 3 rings (SSSR count). The van der Waals surface area contributed by atoms with Gasteiger partial charge in [-0.25, -0.2) is 0 Å². The largest absolute Gasteiger partial charge is 0.497 e. The molecule has 0 aliphatic rings. The molecule has 0 aliphatic carbocycles. The molecular weight excluding hydrogens is 494 g/mol. The number of nitrogens with one attached hydrogen (secondary N) is 2. The molecule has 2 amide bonds. The van der Waals surface area contributed by atoms with Crippen LogP contribution in [0.15, 0.2) is 58.2 Å². The Labute approximate surface area is 199 Å². The lowest BCUT2D eigenvalue weighted by Crippen LogP contribution is -2.29. The van der Waals surface area contributed by atoms with Gasteiger partial charge in [0.05, 0.1) is 25.3 Å². The van der Waals surface area contributed by atoms with Crippen molar-refractivity contribution in [2.75, 3.05) is 18.2 Å². The van der Waals surface area contributed by atoms with Gasteiger partial charge in [-0.2, -0.15) is 0 Å². The number of halogens is 1. The second-order valence-electron chi connectivity index (χ2n) is 7.06. The molecule has 32 heavy (non-hydrogen) atoms. The van der Waals surface area contributed by atoms with Crippen molar-refractivity contribution < 1.29 is 14.3 Å². The Bertz CT molecular complexity index is 1070. The third-order valence-electron chi connectivity index (χ3n) is 4.62. The first-order valence-electron chi connectivity index (χ1n) is 9.85. The van der Waals surface area contributed by atoms with Crippen LogP contribution < -0.4 is 15.4 Å². The van der Waals surface area contributed by atoms with E-state index in [-0.39, 0.29) is 30.0 Å². The maximum atomic E-state index is 12.4. The maximum absolute atomic E-state index is 12.4. The van der Waals surface area contributed by atoms with Crippen LogP contribution in [0.25, 0.3) is 0 Å². The minimum Gasteiger partial charge on any atom is -0.497 e. The number of anilines is 1. The van der Waals surface area contributed by atoms with Gasteiger partial charge in [-0.05, 0) is 48.9 Å². The lowest BCUT2D eigenvalue weighted by atomic mass is 10.1. The van der Waals surface area contributed by atoms with E-state index in [9.17, 15) is 9.59 Å². The van der Waals surface area contributed by atoms with E-state index in [4.69, 9.17) is 4.74 Å². The molecule has 2 aromatic carbocycles. The summed E-state index contributed by atoms with van der Waals surface area (Å²) in [6.45, 7) is 1.85. The van der Waals surface area contributed by atoms with E-state index in [1.807, 2.05) is 62.5 Å². The average Bonchev–Trinajstić information content (AvgIpc) is 3.15. The van der Waals surface area contributed by atoms with Crippen LogP contribution in [0.2, 0.25) is 0 Å². The predicted molar refractivity (Wildman–Crippen MR) is 128 cm³/mol. The molecule has 1 aromatic heterocycles. The monoisotopic (exact) mass is 517 g/mol. The van der Waals surface area contributed by atoms with Gasteiger partial charge in [-0.3, -0.25) is 9.59 Å². The summed E-state index contributed by atoms with van der Waals surface area (Å²) in [5, 5.41) is 14.7. The number of methoxy groups -OCH3 is 1. The second-order valence-corrected chi connectivity index (χ2v) is 8.92. The zero-order chi connectivity index (χ0) is 23.1. The molecule has 168 valence electrons. The molecule has 3 aromatic rings. The van der Waals surface area contributed by atoms with Gasteiger partial charge < -0.3 is 19.9 Å². The van der Waals surface area contributed by atoms with Crippen molar-refractivity contribution >= 4 is 45.2 Å². The number of thioether (sulfide) groups is 1. The molecule has 1 heterocycles. The van der Waals surface area contributed by atoms with E-state index < -0.39 is 0 Å². The number of aromatic nitrogens is 3. The smallest absolute Gasteiger partial charge is 0.234 e. The van der Waals surface area contributed by atoms with Crippen LogP contribution in [-0.2, 0) is 23.1 Å². The van der Waals surface area contributed by atoms with Gasteiger partial charge in [-0.15, -0.1) is 10.2 Å². The zero-order valence-electron chi connectivity index (χ0n) is 18.0.